The van der Waals surface area contributed by atoms with Gasteiger partial charge in [0.05, 0.1) is 18.4 Å². The van der Waals surface area contributed by atoms with Crippen molar-refractivity contribution in [3.63, 3.8) is 0 Å². The Morgan fingerprint density at radius 3 is 2.56 bits per heavy atom. The Kier molecular flexibility index (Phi) is 4.98. The molecule has 3 amide bonds. The molecule has 5 rings (SSSR count). The van der Waals surface area contributed by atoms with Crippen molar-refractivity contribution in [1.29, 1.82) is 0 Å². The predicted molar refractivity (Wildman–Crippen MR) is 121 cm³/mol. The molecule has 7 nitrogen and oxygen atoms in total. The number of carbonyl (C=O) groups is 2. The number of nitrogens with one attached hydrogen (secondary N) is 1. The number of hydrogen-bond acceptors (Lipinski definition) is 4. The summed E-state index contributed by atoms with van der Waals surface area (Å²) in [7, 11) is 1.59. The van der Waals surface area contributed by atoms with Gasteiger partial charge in [-0.25, -0.2) is 4.79 Å². The number of urea groups is 1. The Bertz CT molecular complexity index is 1180. The van der Waals surface area contributed by atoms with E-state index in [-0.39, 0.29) is 11.9 Å². The summed E-state index contributed by atoms with van der Waals surface area (Å²) >= 11 is 6.14. The fraction of sp³-hybridized carbons (Fsp3) is 0.208. The van der Waals surface area contributed by atoms with Crippen LogP contribution in [0.15, 0.2) is 66.9 Å². The second kappa shape index (κ2) is 7.84. The van der Waals surface area contributed by atoms with E-state index in [1.807, 2.05) is 12.1 Å². The Hall–Kier alpha value is -3.58. The van der Waals surface area contributed by atoms with Gasteiger partial charge < -0.3 is 15.0 Å². The summed E-state index contributed by atoms with van der Waals surface area (Å²) in [6, 6.07) is 17.7. The minimum atomic E-state index is -0.987. The summed E-state index contributed by atoms with van der Waals surface area (Å²) < 4.78 is 5.19. The van der Waals surface area contributed by atoms with Crippen molar-refractivity contribution >= 4 is 29.2 Å². The molecule has 32 heavy (non-hydrogen) atoms. The summed E-state index contributed by atoms with van der Waals surface area (Å²) in [5.41, 5.74) is 1.72. The molecule has 8 heteroatoms. The van der Waals surface area contributed by atoms with Crippen LogP contribution >= 0.6 is 11.6 Å². The normalized spacial score (nSPS) is 19.4. The Balaban J connectivity index is 1.57. The van der Waals surface area contributed by atoms with Crippen LogP contribution in [0.3, 0.4) is 0 Å². The largest absolute Gasteiger partial charge is 0.497 e. The molecule has 2 aromatic carbocycles. The zero-order valence-corrected chi connectivity index (χ0v) is 18.2. The Morgan fingerprint density at radius 2 is 1.84 bits per heavy atom. The number of nitrogens with zero attached hydrogens (tertiary/aromatic N) is 3. The SMILES string of the molecule is COc1ccc(NC(=O)N2CCN3C(=O)c4cccnc4CC23c2ccc(Cl)cc2)cc1. The number of hydrogen-bond donors (Lipinski definition) is 1. The predicted octanol–water partition coefficient (Wildman–Crippen LogP) is 4.14. The maximum Gasteiger partial charge on any atom is 0.324 e. The van der Waals surface area contributed by atoms with Gasteiger partial charge in [0.25, 0.3) is 5.91 Å². The first kappa shape index (κ1) is 20.3. The molecule has 2 aliphatic heterocycles. The molecule has 1 saturated heterocycles. The highest BCUT2D eigenvalue weighted by molar-refractivity contribution is 6.30. The minimum Gasteiger partial charge on any atom is -0.497 e. The van der Waals surface area contributed by atoms with E-state index in [0.29, 0.717) is 47.2 Å². The third kappa shape index (κ3) is 3.17. The summed E-state index contributed by atoms with van der Waals surface area (Å²) in [5, 5.41) is 3.55. The second-order valence-corrected chi connectivity index (χ2v) is 8.20. The van der Waals surface area contributed by atoms with E-state index >= 15 is 0 Å². The van der Waals surface area contributed by atoms with Gasteiger partial charge in [-0.05, 0) is 54.1 Å². The number of halogens is 1. The minimum absolute atomic E-state index is 0.131. The smallest absolute Gasteiger partial charge is 0.324 e. The van der Waals surface area contributed by atoms with Gasteiger partial charge in [-0.1, -0.05) is 23.7 Å². The third-order valence-corrected chi connectivity index (χ3v) is 6.36. The first-order valence-corrected chi connectivity index (χ1v) is 10.7. The van der Waals surface area contributed by atoms with Gasteiger partial charge in [0.15, 0.2) is 5.66 Å². The average molecular weight is 449 g/mol. The van der Waals surface area contributed by atoms with E-state index in [1.54, 1.807) is 71.6 Å². The first-order valence-electron chi connectivity index (χ1n) is 10.3. The molecular formula is C24H21ClN4O3. The second-order valence-electron chi connectivity index (χ2n) is 7.77. The molecule has 162 valence electrons. The van der Waals surface area contributed by atoms with Crippen LogP contribution in [0.2, 0.25) is 5.02 Å². The molecule has 0 radical (unpaired) electrons. The summed E-state index contributed by atoms with van der Waals surface area (Å²) in [4.78, 5) is 34.9. The number of methoxy groups -OCH3 is 1. The zero-order valence-electron chi connectivity index (χ0n) is 17.4. The Morgan fingerprint density at radius 1 is 1.09 bits per heavy atom. The number of anilines is 1. The van der Waals surface area contributed by atoms with Crippen LogP contribution in [0.5, 0.6) is 5.75 Å². The zero-order chi connectivity index (χ0) is 22.3. The van der Waals surface area contributed by atoms with Crippen LogP contribution in [0, 0.1) is 0 Å². The van der Waals surface area contributed by atoms with Crippen LogP contribution in [0.1, 0.15) is 21.6 Å². The highest BCUT2D eigenvalue weighted by atomic mass is 35.5. The van der Waals surface area contributed by atoms with Crippen molar-refractivity contribution in [1.82, 2.24) is 14.8 Å². The van der Waals surface area contributed by atoms with Gasteiger partial charge in [0.2, 0.25) is 0 Å². The summed E-state index contributed by atoms with van der Waals surface area (Å²) in [5.74, 6) is 0.572. The van der Waals surface area contributed by atoms with Crippen molar-refractivity contribution in [2.75, 3.05) is 25.5 Å². The van der Waals surface area contributed by atoms with Crippen molar-refractivity contribution in [3.8, 4) is 5.75 Å². The van der Waals surface area contributed by atoms with Gasteiger partial charge in [-0.3, -0.25) is 14.7 Å². The maximum absolute atomic E-state index is 13.5. The van der Waals surface area contributed by atoms with E-state index in [4.69, 9.17) is 16.3 Å². The molecule has 0 aliphatic carbocycles. The van der Waals surface area contributed by atoms with Crippen molar-refractivity contribution in [2.24, 2.45) is 0 Å². The molecule has 0 spiro atoms. The number of fused-ring (bicyclic) bond motifs is 2. The summed E-state index contributed by atoms with van der Waals surface area (Å²) in [6.45, 7) is 0.816. The lowest BCUT2D eigenvalue weighted by atomic mass is 9.86. The number of rotatable bonds is 3. The molecule has 1 aromatic heterocycles. The highest BCUT2D eigenvalue weighted by Gasteiger charge is 2.56. The number of amides is 3. The van der Waals surface area contributed by atoms with Gasteiger partial charge in [-0.15, -0.1) is 0 Å². The quantitative estimate of drug-likeness (QED) is 0.653. The molecule has 1 atom stereocenters. The number of pyridine rings is 1. The molecule has 1 fully saturated rings. The van der Waals surface area contributed by atoms with E-state index in [1.165, 1.54) is 0 Å². The number of aromatic nitrogens is 1. The molecule has 3 aromatic rings. The van der Waals surface area contributed by atoms with E-state index in [9.17, 15) is 9.59 Å². The van der Waals surface area contributed by atoms with Crippen molar-refractivity contribution < 1.29 is 14.3 Å². The van der Waals surface area contributed by atoms with Crippen LogP contribution in [-0.2, 0) is 12.1 Å². The molecule has 0 bridgehead atoms. The van der Waals surface area contributed by atoms with Gasteiger partial charge in [-0.2, -0.15) is 0 Å². The molecule has 0 saturated carbocycles. The van der Waals surface area contributed by atoms with Crippen LogP contribution in [-0.4, -0.2) is 46.9 Å². The fourth-order valence-corrected chi connectivity index (χ4v) is 4.72. The van der Waals surface area contributed by atoms with E-state index < -0.39 is 5.66 Å². The Labute approximate surface area is 190 Å². The van der Waals surface area contributed by atoms with Crippen LogP contribution in [0.4, 0.5) is 10.5 Å². The average Bonchev–Trinajstić information content (AvgIpc) is 3.21. The van der Waals surface area contributed by atoms with Gasteiger partial charge in [0.1, 0.15) is 5.75 Å². The number of carbonyl (C=O) groups excluding carboxylic acids is 2. The lowest BCUT2D eigenvalue weighted by Gasteiger charge is -2.46. The van der Waals surface area contributed by atoms with Crippen molar-refractivity contribution in [3.05, 3.63) is 88.7 Å². The number of benzene rings is 2. The third-order valence-electron chi connectivity index (χ3n) is 6.11. The van der Waals surface area contributed by atoms with Crippen LogP contribution in [0.25, 0.3) is 0 Å². The van der Waals surface area contributed by atoms with Crippen molar-refractivity contribution in [2.45, 2.75) is 12.1 Å². The van der Waals surface area contributed by atoms with Gasteiger partial charge >= 0.3 is 6.03 Å². The highest BCUT2D eigenvalue weighted by Crippen LogP contribution is 2.44. The van der Waals surface area contributed by atoms with Crippen LogP contribution < -0.4 is 10.1 Å². The fourth-order valence-electron chi connectivity index (χ4n) is 4.59. The number of ether oxygens (including phenoxy) is 1. The molecule has 2 aliphatic rings. The lowest BCUT2D eigenvalue weighted by Crippen LogP contribution is -2.59. The molecule has 1 unspecified atom stereocenters. The molecule has 1 N–H and O–H groups in total. The first-order chi connectivity index (χ1) is 15.5. The maximum atomic E-state index is 13.5. The lowest BCUT2D eigenvalue weighted by molar-refractivity contribution is 0.0217. The topological polar surface area (TPSA) is 74.8 Å². The molecule has 3 heterocycles. The van der Waals surface area contributed by atoms with E-state index in [2.05, 4.69) is 10.3 Å². The standard InChI is InChI=1S/C24H21ClN4O3/c1-32-19-10-8-18(9-11-19)27-23(31)29-14-13-28-22(30)20-3-2-12-26-21(20)15-24(28,29)16-4-6-17(25)7-5-16/h2-12H,13-15H2,1H3,(H,27,31). The monoisotopic (exact) mass is 448 g/mol. The summed E-state index contributed by atoms with van der Waals surface area (Å²) in [6.07, 6.45) is 2.07. The van der Waals surface area contributed by atoms with E-state index in [0.717, 1.165) is 5.56 Å². The van der Waals surface area contributed by atoms with Gasteiger partial charge in [0, 0.05) is 36.4 Å². The molecular weight excluding hydrogens is 428 g/mol.